The van der Waals surface area contributed by atoms with Crippen LogP contribution in [-0.4, -0.2) is 14.5 Å². The van der Waals surface area contributed by atoms with Gasteiger partial charge in [0.2, 0.25) is 10.0 Å². The molecule has 1 saturated carbocycles. The van der Waals surface area contributed by atoms with Crippen LogP contribution in [0.4, 0.5) is 4.39 Å². The van der Waals surface area contributed by atoms with Crippen molar-refractivity contribution < 1.29 is 12.8 Å². The number of hydrogen-bond acceptors (Lipinski definition) is 3. The van der Waals surface area contributed by atoms with Gasteiger partial charge in [-0.15, -0.1) is 0 Å². The molecule has 1 aromatic rings. The molecule has 0 bridgehead atoms. The molecule has 3 N–H and O–H groups in total. The molecule has 1 aliphatic carbocycles. The van der Waals surface area contributed by atoms with E-state index in [1.807, 2.05) is 6.92 Å². The second kappa shape index (κ2) is 6.60. The Hall–Kier alpha value is -0.690. The second-order valence-corrected chi connectivity index (χ2v) is 7.66. The lowest BCUT2D eigenvalue weighted by Crippen LogP contribution is -2.41. The molecule has 2 unspecified atom stereocenters. The monoisotopic (exact) mass is 334 g/mol. The quantitative estimate of drug-likeness (QED) is 0.889. The van der Waals surface area contributed by atoms with E-state index in [1.54, 1.807) is 0 Å². The molecule has 0 aliphatic heterocycles. The highest BCUT2D eigenvalue weighted by atomic mass is 35.5. The first-order valence-electron chi connectivity index (χ1n) is 7.05. The number of rotatable bonds is 4. The van der Waals surface area contributed by atoms with Crippen LogP contribution in [0, 0.1) is 11.7 Å². The van der Waals surface area contributed by atoms with E-state index in [9.17, 15) is 12.8 Å². The fraction of sp³-hybridized carbons (Fsp3) is 0.571. The lowest BCUT2D eigenvalue weighted by Gasteiger charge is -2.29. The summed E-state index contributed by atoms with van der Waals surface area (Å²) < 4.78 is 41.2. The molecule has 0 amide bonds. The first kappa shape index (κ1) is 16.7. The van der Waals surface area contributed by atoms with E-state index >= 15 is 0 Å². The smallest absolute Gasteiger partial charge is 0.240 e. The molecule has 2 atom stereocenters. The lowest BCUT2D eigenvalue weighted by atomic mass is 9.87. The third-order valence-corrected chi connectivity index (χ3v) is 5.92. The van der Waals surface area contributed by atoms with Crippen LogP contribution in [0.3, 0.4) is 0 Å². The molecular weight excluding hydrogens is 315 g/mol. The number of benzene rings is 1. The third kappa shape index (κ3) is 3.74. The van der Waals surface area contributed by atoms with Crippen LogP contribution in [0.25, 0.3) is 0 Å². The highest BCUT2D eigenvalue weighted by molar-refractivity contribution is 7.89. The zero-order chi connectivity index (χ0) is 15.6. The Kier molecular flexibility index (Phi) is 5.24. The Balaban J connectivity index is 2.29. The minimum atomic E-state index is -3.77. The molecule has 0 heterocycles. The standard InChI is InChI=1S/C14H20ClFN2O2S/c1-9-4-2-3-5-13(9)18-21(19,20)11-6-10(8-17)14(15)12(16)7-11/h6-7,9,13,18H,2-5,8,17H2,1H3. The zero-order valence-electron chi connectivity index (χ0n) is 11.9. The van der Waals surface area contributed by atoms with Gasteiger partial charge in [-0.05, 0) is 36.5 Å². The lowest BCUT2D eigenvalue weighted by molar-refractivity contribution is 0.310. The van der Waals surface area contributed by atoms with Gasteiger partial charge in [0.15, 0.2) is 0 Å². The van der Waals surface area contributed by atoms with E-state index in [2.05, 4.69) is 4.72 Å². The van der Waals surface area contributed by atoms with Gasteiger partial charge in [-0.25, -0.2) is 17.5 Å². The van der Waals surface area contributed by atoms with Crippen LogP contribution in [0.15, 0.2) is 17.0 Å². The average Bonchev–Trinajstić information content (AvgIpc) is 2.44. The van der Waals surface area contributed by atoms with Gasteiger partial charge < -0.3 is 5.73 Å². The minimum Gasteiger partial charge on any atom is -0.326 e. The third-order valence-electron chi connectivity index (χ3n) is 4.03. The van der Waals surface area contributed by atoms with E-state index in [0.29, 0.717) is 0 Å². The molecule has 1 aliphatic rings. The average molecular weight is 335 g/mol. The van der Waals surface area contributed by atoms with E-state index in [1.165, 1.54) is 6.07 Å². The van der Waals surface area contributed by atoms with E-state index in [4.69, 9.17) is 17.3 Å². The Morgan fingerprint density at radius 1 is 1.38 bits per heavy atom. The van der Waals surface area contributed by atoms with Crippen LogP contribution in [0.2, 0.25) is 5.02 Å². The summed E-state index contributed by atoms with van der Waals surface area (Å²) in [4.78, 5) is -0.123. The topological polar surface area (TPSA) is 72.2 Å². The van der Waals surface area contributed by atoms with Gasteiger partial charge in [0.1, 0.15) is 5.82 Å². The summed E-state index contributed by atoms with van der Waals surface area (Å²) in [7, 11) is -3.77. The van der Waals surface area contributed by atoms with Crippen molar-refractivity contribution in [2.45, 2.75) is 50.1 Å². The van der Waals surface area contributed by atoms with Gasteiger partial charge in [0, 0.05) is 12.6 Å². The Morgan fingerprint density at radius 3 is 2.67 bits per heavy atom. The summed E-state index contributed by atoms with van der Waals surface area (Å²) in [5.74, 6) is -0.490. The molecule has 7 heteroatoms. The van der Waals surface area contributed by atoms with Crippen LogP contribution in [-0.2, 0) is 16.6 Å². The summed E-state index contributed by atoms with van der Waals surface area (Å²) in [6.45, 7) is 2.01. The fourth-order valence-electron chi connectivity index (χ4n) is 2.68. The van der Waals surface area contributed by atoms with E-state index < -0.39 is 15.8 Å². The largest absolute Gasteiger partial charge is 0.326 e. The van der Waals surface area contributed by atoms with Crippen molar-refractivity contribution in [2.75, 3.05) is 0 Å². The van der Waals surface area contributed by atoms with Gasteiger partial charge in [0.25, 0.3) is 0 Å². The summed E-state index contributed by atoms with van der Waals surface area (Å²) in [6, 6.07) is 2.17. The normalized spacial score (nSPS) is 23.2. The molecular formula is C14H20ClFN2O2S. The Bertz CT molecular complexity index is 622. The second-order valence-electron chi connectivity index (χ2n) is 5.57. The van der Waals surface area contributed by atoms with Crippen LogP contribution >= 0.6 is 11.6 Å². The Morgan fingerprint density at radius 2 is 2.05 bits per heavy atom. The summed E-state index contributed by atoms with van der Waals surface area (Å²) in [5, 5.41) is -0.123. The first-order valence-corrected chi connectivity index (χ1v) is 8.91. The molecule has 1 aromatic carbocycles. The molecule has 4 nitrogen and oxygen atoms in total. The van der Waals surface area contributed by atoms with Crippen molar-refractivity contribution in [2.24, 2.45) is 11.7 Å². The van der Waals surface area contributed by atoms with Crippen molar-refractivity contribution in [1.82, 2.24) is 4.72 Å². The molecule has 118 valence electrons. The van der Waals surface area contributed by atoms with Crippen LogP contribution in [0.1, 0.15) is 38.2 Å². The maximum atomic E-state index is 13.7. The predicted octanol–water partition coefficient (Wildman–Crippen LogP) is 2.79. The van der Waals surface area contributed by atoms with Gasteiger partial charge >= 0.3 is 0 Å². The molecule has 0 saturated heterocycles. The highest BCUT2D eigenvalue weighted by Crippen LogP contribution is 2.27. The minimum absolute atomic E-state index is 0.0149. The molecule has 0 spiro atoms. The number of halogens is 2. The number of nitrogens with two attached hydrogens (primary N) is 1. The summed E-state index contributed by atoms with van der Waals surface area (Å²) in [6.07, 6.45) is 3.92. The van der Waals surface area contributed by atoms with Gasteiger partial charge in [0.05, 0.1) is 9.92 Å². The zero-order valence-corrected chi connectivity index (χ0v) is 13.5. The number of hydrogen-bond donors (Lipinski definition) is 2. The maximum Gasteiger partial charge on any atom is 0.240 e. The number of sulfonamides is 1. The van der Waals surface area contributed by atoms with E-state index in [-0.39, 0.29) is 34.0 Å². The van der Waals surface area contributed by atoms with Crippen LogP contribution in [0.5, 0.6) is 0 Å². The number of nitrogens with one attached hydrogen (secondary N) is 1. The molecule has 0 radical (unpaired) electrons. The van der Waals surface area contributed by atoms with Crippen LogP contribution < -0.4 is 10.5 Å². The van der Waals surface area contributed by atoms with Gasteiger partial charge in [-0.3, -0.25) is 0 Å². The SMILES string of the molecule is CC1CCCCC1NS(=O)(=O)c1cc(F)c(Cl)c(CN)c1. The summed E-state index contributed by atoms with van der Waals surface area (Å²) >= 11 is 5.76. The van der Waals surface area contributed by atoms with Crippen molar-refractivity contribution in [3.63, 3.8) is 0 Å². The summed E-state index contributed by atoms with van der Waals surface area (Å²) in [5.41, 5.74) is 5.76. The van der Waals surface area contributed by atoms with Crippen molar-refractivity contribution >= 4 is 21.6 Å². The highest BCUT2D eigenvalue weighted by Gasteiger charge is 2.27. The Labute approximate surface area is 129 Å². The molecule has 2 rings (SSSR count). The van der Waals surface area contributed by atoms with Crippen molar-refractivity contribution in [3.8, 4) is 0 Å². The molecule has 0 aromatic heterocycles. The van der Waals surface area contributed by atoms with Gasteiger partial charge in [-0.2, -0.15) is 0 Å². The fourth-order valence-corrected chi connectivity index (χ4v) is 4.31. The molecule has 21 heavy (non-hydrogen) atoms. The predicted molar refractivity (Wildman–Crippen MR) is 81.0 cm³/mol. The van der Waals surface area contributed by atoms with Crippen molar-refractivity contribution in [1.29, 1.82) is 0 Å². The van der Waals surface area contributed by atoms with Crippen molar-refractivity contribution in [3.05, 3.63) is 28.5 Å². The van der Waals surface area contributed by atoms with E-state index in [0.717, 1.165) is 31.7 Å². The van der Waals surface area contributed by atoms with Gasteiger partial charge in [-0.1, -0.05) is 31.4 Å². The molecule has 1 fully saturated rings. The maximum absolute atomic E-state index is 13.7. The first-order chi connectivity index (χ1) is 9.85.